The van der Waals surface area contributed by atoms with Crippen molar-refractivity contribution >= 4 is 5.69 Å². The first-order chi connectivity index (χ1) is 11.1. The molecule has 7 nitrogen and oxygen atoms in total. The largest absolute Gasteiger partial charge is 0.490 e. The van der Waals surface area contributed by atoms with Crippen molar-refractivity contribution in [1.82, 2.24) is 10.1 Å². The smallest absolute Gasteiger partial charge is 0.311 e. The zero-order chi connectivity index (χ0) is 16.4. The summed E-state index contributed by atoms with van der Waals surface area (Å²) in [6.07, 6.45) is 0. The Kier molecular flexibility index (Phi) is 3.76. The summed E-state index contributed by atoms with van der Waals surface area (Å²) < 4.78 is 10.2. The molecule has 0 aliphatic heterocycles. The maximum absolute atomic E-state index is 11.1. The minimum Gasteiger partial charge on any atom is -0.490 e. The van der Waals surface area contributed by atoms with Crippen LogP contribution in [0.25, 0.3) is 22.8 Å². The van der Waals surface area contributed by atoms with Crippen molar-refractivity contribution in [1.29, 1.82) is 0 Å². The molecule has 0 radical (unpaired) electrons. The van der Waals surface area contributed by atoms with Gasteiger partial charge in [0.15, 0.2) is 5.75 Å². The summed E-state index contributed by atoms with van der Waals surface area (Å²) in [7, 11) is 1.38. The summed E-state index contributed by atoms with van der Waals surface area (Å²) in [6.45, 7) is 1.99. The lowest BCUT2D eigenvalue weighted by molar-refractivity contribution is -0.385. The molecule has 3 aromatic rings. The van der Waals surface area contributed by atoms with Gasteiger partial charge in [-0.25, -0.2) is 0 Å². The lowest BCUT2D eigenvalue weighted by atomic mass is 10.1. The molecule has 0 amide bonds. The van der Waals surface area contributed by atoms with Crippen molar-refractivity contribution in [2.75, 3.05) is 7.11 Å². The van der Waals surface area contributed by atoms with Crippen molar-refractivity contribution in [3.05, 3.63) is 58.1 Å². The van der Waals surface area contributed by atoms with Crippen LogP contribution >= 0.6 is 0 Å². The molecule has 2 aromatic carbocycles. The molecule has 0 spiro atoms. The van der Waals surface area contributed by atoms with Crippen LogP contribution in [0, 0.1) is 17.0 Å². The predicted octanol–water partition coefficient (Wildman–Crippen LogP) is 3.63. The van der Waals surface area contributed by atoms with Crippen LogP contribution < -0.4 is 4.74 Å². The van der Waals surface area contributed by atoms with Crippen LogP contribution in [0.2, 0.25) is 0 Å². The zero-order valence-corrected chi connectivity index (χ0v) is 12.5. The fourth-order valence-corrected chi connectivity index (χ4v) is 2.13. The van der Waals surface area contributed by atoms with Crippen LogP contribution in [0.5, 0.6) is 5.75 Å². The second-order valence-electron chi connectivity index (χ2n) is 4.93. The quantitative estimate of drug-likeness (QED) is 0.539. The zero-order valence-electron chi connectivity index (χ0n) is 12.5. The number of nitro benzene ring substituents is 1. The van der Waals surface area contributed by atoms with Gasteiger partial charge in [-0.15, -0.1) is 0 Å². The summed E-state index contributed by atoms with van der Waals surface area (Å²) in [5, 5.41) is 15.0. The monoisotopic (exact) mass is 311 g/mol. The molecule has 0 fully saturated rings. The Morgan fingerprint density at radius 1 is 1.13 bits per heavy atom. The van der Waals surface area contributed by atoms with E-state index in [2.05, 4.69) is 10.1 Å². The van der Waals surface area contributed by atoms with E-state index in [4.69, 9.17) is 9.26 Å². The first kappa shape index (κ1) is 14.7. The van der Waals surface area contributed by atoms with Gasteiger partial charge in [0, 0.05) is 17.2 Å². The number of hydrogen-bond donors (Lipinski definition) is 0. The lowest BCUT2D eigenvalue weighted by Crippen LogP contribution is -1.94. The van der Waals surface area contributed by atoms with E-state index in [1.807, 2.05) is 31.2 Å². The molecular formula is C16H13N3O4. The molecule has 3 rings (SSSR count). The van der Waals surface area contributed by atoms with E-state index in [9.17, 15) is 10.1 Å². The summed E-state index contributed by atoms with van der Waals surface area (Å²) in [6, 6.07) is 12.2. The molecule has 7 heteroatoms. The molecule has 23 heavy (non-hydrogen) atoms. The molecule has 0 unspecified atom stereocenters. The van der Waals surface area contributed by atoms with Gasteiger partial charge in [0.1, 0.15) is 0 Å². The first-order valence-electron chi connectivity index (χ1n) is 6.82. The number of benzene rings is 2. The number of nitrogens with zero attached hydrogens (tertiary/aromatic N) is 3. The number of nitro groups is 1. The topological polar surface area (TPSA) is 91.3 Å². The van der Waals surface area contributed by atoms with Crippen molar-refractivity contribution in [2.24, 2.45) is 0 Å². The second-order valence-corrected chi connectivity index (χ2v) is 4.93. The summed E-state index contributed by atoms with van der Waals surface area (Å²) >= 11 is 0. The van der Waals surface area contributed by atoms with Crippen LogP contribution in [-0.4, -0.2) is 22.2 Å². The fourth-order valence-electron chi connectivity index (χ4n) is 2.13. The van der Waals surface area contributed by atoms with Gasteiger partial charge in [-0.2, -0.15) is 4.98 Å². The Morgan fingerprint density at radius 3 is 2.48 bits per heavy atom. The summed E-state index contributed by atoms with van der Waals surface area (Å²) in [4.78, 5) is 14.9. The van der Waals surface area contributed by atoms with Crippen LogP contribution in [-0.2, 0) is 0 Å². The van der Waals surface area contributed by atoms with Gasteiger partial charge in [-0.05, 0) is 19.1 Å². The van der Waals surface area contributed by atoms with Crippen molar-refractivity contribution in [3.63, 3.8) is 0 Å². The first-order valence-corrected chi connectivity index (χ1v) is 6.82. The number of aryl methyl sites for hydroxylation is 1. The highest BCUT2D eigenvalue weighted by Crippen LogP contribution is 2.32. The number of rotatable bonds is 4. The van der Waals surface area contributed by atoms with Gasteiger partial charge < -0.3 is 9.26 Å². The van der Waals surface area contributed by atoms with Crippen molar-refractivity contribution < 1.29 is 14.2 Å². The Morgan fingerprint density at radius 2 is 1.83 bits per heavy atom. The molecule has 116 valence electrons. The van der Waals surface area contributed by atoms with E-state index >= 15 is 0 Å². The Labute approximate surface area is 131 Å². The van der Waals surface area contributed by atoms with E-state index in [-0.39, 0.29) is 17.3 Å². The third kappa shape index (κ3) is 2.89. The maximum atomic E-state index is 11.1. The molecule has 1 aromatic heterocycles. The normalized spacial score (nSPS) is 10.5. The minimum absolute atomic E-state index is 0.153. The minimum atomic E-state index is -0.514. The van der Waals surface area contributed by atoms with Gasteiger partial charge in [0.2, 0.25) is 5.82 Å². The third-order valence-electron chi connectivity index (χ3n) is 3.36. The number of hydrogen-bond acceptors (Lipinski definition) is 6. The average molecular weight is 311 g/mol. The molecule has 0 bridgehead atoms. The molecule has 0 aliphatic carbocycles. The van der Waals surface area contributed by atoms with E-state index in [1.54, 1.807) is 6.07 Å². The predicted molar refractivity (Wildman–Crippen MR) is 83.1 cm³/mol. The van der Waals surface area contributed by atoms with E-state index < -0.39 is 4.92 Å². The van der Waals surface area contributed by atoms with Gasteiger partial charge in [-0.1, -0.05) is 35.0 Å². The Hall–Kier alpha value is -3.22. The van der Waals surface area contributed by atoms with Gasteiger partial charge in [-0.3, -0.25) is 10.1 Å². The Bertz CT molecular complexity index is 856. The van der Waals surface area contributed by atoms with Gasteiger partial charge in [0.05, 0.1) is 12.0 Å². The summed E-state index contributed by atoms with van der Waals surface area (Å²) in [5.74, 6) is 0.821. The van der Waals surface area contributed by atoms with Crippen molar-refractivity contribution in [3.8, 4) is 28.6 Å². The van der Waals surface area contributed by atoms with Crippen LogP contribution in [0.1, 0.15) is 5.56 Å². The van der Waals surface area contributed by atoms with E-state index in [0.29, 0.717) is 11.4 Å². The van der Waals surface area contributed by atoms with Gasteiger partial charge in [0.25, 0.3) is 5.89 Å². The average Bonchev–Trinajstić information content (AvgIpc) is 3.04. The molecule has 0 saturated carbocycles. The molecule has 0 aliphatic rings. The molecule has 1 heterocycles. The number of methoxy groups -OCH3 is 1. The van der Waals surface area contributed by atoms with Gasteiger partial charge >= 0.3 is 5.69 Å². The van der Waals surface area contributed by atoms with Crippen LogP contribution in [0.15, 0.2) is 47.0 Å². The fraction of sp³-hybridized carbons (Fsp3) is 0.125. The Balaban J connectivity index is 1.98. The van der Waals surface area contributed by atoms with Crippen molar-refractivity contribution in [2.45, 2.75) is 6.92 Å². The highest BCUT2D eigenvalue weighted by atomic mass is 16.6. The number of aromatic nitrogens is 2. The van der Waals surface area contributed by atoms with Crippen LogP contribution in [0.4, 0.5) is 5.69 Å². The SMILES string of the molecule is COc1ccc(-c2nc(-c3ccc(C)cc3)no2)cc1[N+](=O)[O-]. The molecule has 0 N–H and O–H groups in total. The molecule has 0 saturated heterocycles. The molecule has 0 atom stereocenters. The number of ether oxygens (including phenoxy) is 1. The standard InChI is InChI=1S/C16H13N3O4/c1-10-3-5-11(6-4-10)15-17-16(23-18-15)12-7-8-14(22-2)13(9-12)19(20)21/h3-9H,1-2H3. The summed E-state index contributed by atoms with van der Waals surface area (Å²) in [5.41, 5.74) is 2.25. The molecular weight excluding hydrogens is 298 g/mol. The third-order valence-corrected chi connectivity index (χ3v) is 3.36. The lowest BCUT2D eigenvalue weighted by Gasteiger charge is -2.02. The van der Waals surface area contributed by atoms with E-state index in [0.717, 1.165) is 11.1 Å². The van der Waals surface area contributed by atoms with E-state index in [1.165, 1.54) is 19.2 Å². The van der Waals surface area contributed by atoms with Crippen LogP contribution in [0.3, 0.4) is 0 Å². The highest BCUT2D eigenvalue weighted by Gasteiger charge is 2.19. The second kappa shape index (κ2) is 5.88. The highest BCUT2D eigenvalue weighted by molar-refractivity contribution is 5.64. The maximum Gasteiger partial charge on any atom is 0.311 e.